The van der Waals surface area contributed by atoms with E-state index in [0.29, 0.717) is 33.3 Å². The van der Waals surface area contributed by atoms with Gasteiger partial charge in [-0.1, -0.05) is 29.3 Å². The first-order valence-corrected chi connectivity index (χ1v) is 8.89. The van der Waals surface area contributed by atoms with E-state index in [1.165, 1.54) is 6.33 Å². The second-order valence-electron chi connectivity index (χ2n) is 5.08. The van der Waals surface area contributed by atoms with E-state index in [0.717, 1.165) is 5.56 Å². The van der Waals surface area contributed by atoms with E-state index in [9.17, 15) is 4.79 Å². The number of carbonyl (C=O) groups excluding carboxylic acids is 1. The van der Waals surface area contributed by atoms with Crippen LogP contribution in [0.1, 0.15) is 23.0 Å². The Bertz CT molecular complexity index is 902. The van der Waals surface area contributed by atoms with Gasteiger partial charge >= 0.3 is 0 Å². The zero-order valence-corrected chi connectivity index (χ0v) is 16.2. The van der Waals surface area contributed by atoms with Crippen LogP contribution in [0.5, 0.6) is 0 Å². The predicted molar refractivity (Wildman–Crippen MR) is 99.1 cm³/mol. The molecule has 1 aromatic carbocycles. The molecule has 0 bridgehead atoms. The third kappa shape index (κ3) is 3.86. The fourth-order valence-electron chi connectivity index (χ4n) is 2.26. The molecule has 0 aliphatic rings. The third-order valence-electron chi connectivity index (χ3n) is 3.45. The number of hydrogen-bond donors (Lipinski definition) is 1. The van der Waals surface area contributed by atoms with Gasteiger partial charge in [-0.05, 0) is 35.0 Å². The van der Waals surface area contributed by atoms with E-state index < -0.39 is 0 Å². The molecule has 7 nitrogen and oxygen atoms in total. The molecular weight excluding hydrogens is 431 g/mol. The number of carbonyl (C=O) groups is 1. The quantitative estimate of drug-likeness (QED) is 0.649. The second-order valence-corrected chi connectivity index (χ2v) is 6.75. The van der Waals surface area contributed by atoms with Crippen LogP contribution in [0.15, 0.2) is 35.2 Å². The van der Waals surface area contributed by atoms with Crippen molar-refractivity contribution in [3.8, 4) is 0 Å². The van der Waals surface area contributed by atoms with Crippen LogP contribution in [0.3, 0.4) is 0 Å². The topological polar surface area (TPSA) is 77.6 Å². The van der Waals surface area contributed by atoms with Gasteiger partial charge in [0.25, 0.3) is 5.91 Å². The summed E-state index contributed by atoms with van der Waals surface area (Å²) in [5, 5.41) is 12.1. The number of anilines is 1. The minimum Gasteiger partial charge on any atom is -0.288 e. The van der Waals surface area contributed by atoms with Crippen LogP contribution in [0.4, 0.5) is 5.95 Å². The van der Waals surface area contributed by atoms with E-state index >= 15 is 0 Å². The lowest BCUT2D eigenvalue weighted by atomic mass is 10.2. The highest BCUT2D eigenvalue weighted by Gasteiger charge is 2.18. The van der Waals surface area contributed by atoms with E-state index in [1.807, 2.05) is 6.92 Å². The van der Waals surface area contributed by atoms with E-state index in [1.54, 1.807) is 33.8 Å². The lowest BCUT2D eigenvalue weighted by molar-refractivity contribution is 0.101. The van der Waals surface area contributed by atoms with Gasteiger partial charge in [0.2, 0.25) is 5.95 Å². The smallest absolute Gasteiger partial charge is 0.277 e. The average Bonchev–Trinajstić information content (AvgIpc) is 3.17. The van der Waals surface area contributed by atoms with Gasteiger partial charge in [-0.3, -0.25) is 14.8 Å². The molecule has 0 spiro atoms. The normalized spacial score (nSPS) is 10.9. The lowest BCUT2D eigenvalue weighted by Gasteiger charge is -2.06. The first kappa shape index (κ1) is 17.9. The molecule has 10 heteroatoms. The number of hydrogen-bond acceptors (Lipinski definition) is 4. The summed E-state index contributed by atoms with van der Waals surface area (Å²) in [6, 6.07) is 5.29. The Morgan fingerprint density at radius 1 is 1.32 bits per heavy atom. The van der Waals surface area contributed by atoms with Crippen molar-refractivity contribution in [1.82, 2.24) is 24.5 Å². The van der Waals surface area contributed by atoms with Crippen molar-refractivity contribution in [2.75, 3.05) is 5.32 Å². The van der Waals surface area contributed by atoms with Gasteiger partial charge in [-0.2, -0.15) is 5.10 Å². The standard InChI is InChI=1S/C15H13BrCl2N6O/c1-2-24-13(10(16)6-20-24)14(25)21-15-19-8-23(22-15)7-9-11(17)4-3-5-12(9)18/h3-6,8H,2,7H2,1H3,(H,21,22,25). The highest BCUT2D eigenvalue weighted by atomic mass is 79.9. The number of benzene rings is 1. The summed E-state index contributed by atoms with van der Waals surface area (Å²) >= 11 is 15.6. The Morgan fingerprint density at radius 2 is 2.04 bits per heavy atom. The molecule has 0 saturated heterocycles. The van der Waals surface area contributed by atoms with E-state index in [2.05, 4.69) is 36.4 Å². The Kier molecular flexibility index (Phi) is 5.41. The van der Waals surface area contributed by atoms with Crippen LogP contribution >= 0.6 is 39.1 Å². The minimum atomic E-state index is -0.347. The van der Waals surface area contributed by atoms with Gasteiger partial charge in [-0.15, -0.1) is 5.10 Å². The Labute approximate surface area is 162 Å². The van der Waals surface area contributed by atoms with Crippen molar-refractivity contribution in [1.29, 1.82) is 0 Å². The summed E-state index contributed by atoms with van der Waals surface area (Å²) in [5.41, 5.74) is 1.15. The molecule has 3 aromatic rings. The summed E-state index contributed by atoms with van der Waals surface area (Å²) in [6.07, 6.45) is 3.07. The highest BCUT2D eigenvalue weighted by Crippen LogP contribution is 2.25. The number of nitrogens with one attached hydrogen (secondary N) is 1. The van der Waals surface area contributed by atoms with Crippen LogP contribution in [0.25, 0.3) is 0 Å². The molecule has 1 amide bonds. The van der Waals surface area contributed by atoms with Gasteiger partial charge in [0.05, 0.1) is 17.2 Å². The van der Waals surface area contributed by atoms with Crippen molar-refractivity contribution in [2.45, 2.75) is 20.0 Å². The van der Waals surface area contributed by atoms with Crippen LogP contribution < -0.4 is 5.32 Å². The molecule has 0 aliphatic heterocycles. The van der Waals surface area contributed by atoms with Crippen molar-refractivity contribution in [2.24, 2.45) is 0 Å². The molecule has 130 valence electrons. The molecule has 0 saturated carbocycles. The van der Waals surface area contributed by atoms with Crippen LogP contribution in [-0.2, 0) is 13.1 Å². The second kappa shape index (κ2) is 7.55. The number of aromatic nitrogens is 5. The van der Waals surface area contributed by atoms with Gasteiger partial charge in [0.1, 0.15) is 12.0 Å². The van der Waals surface area contributed by atoms with Crippen molar-refractivity contribution < 1.29 is 4.79 Å². The number of halogens is 3. The number of amides is 1. The lowest BCUT2D eigenvalue weighted by Crippen LogP contribution is -2.19. The molecule has 3 rings (SSSR count). The number of aryl methyl sites for hydroxylation is 1. The molecule has 2 heterocycles. The molecule has 0 fully saturated rings. The van der Waals surface area contributed by atoms with Gasteiger partial charge in [0.15, 0.2) is 0 Å². The van der Waals surface area contributed by atoms with Gasteiger partial charge in [0, 0.05) is 22.2 Å². The Morgan fingerprint density at radius 3 is 2.72 bits per heavy atom. The SMILES string of the molecule is CCn1ncc(Br)c1C(=O)Nc1ncn(Cc2c(Cl)cccc2Cl)n1. The maximum Gasteiger partial charge on any atom is 0.277 e. The van der Waals surface area contributed by atoms with Crippen molar-refractivity contribution in [3.63, 3.8) is 0 Å². The van der Waals surface area contributed by atoms with Crippen LogP contribution in [0, 0.1) is 0 Å². The Hall–Kier alpha value is -1.90. The molecule has 0 unspecified atom stereocenters. The summed E-state index contributed by atoms with van der Waals surface area (Å²) in [4.78, 5) is 16.5. The third-order valence-corrected chi connectivity index (χ3v) is 4.74. The monoisotopic (exact) mass is 442 g/mol. The molecule has 25 heavy (non-hydrogen) atoms. The first-order chi connectivity index (χ1) is 12.0. The summed E-state index contributed by atoms with van der Waals surface area (Å²) in [7, 11) is 0. The molecule has 0 aliphatic carbocycles. The zero-order chi connectivity index (χ0) is 18.0. The summed E-state index contributed by atoms with van der Waals surface area (Å²) < 4.78 is 3.74. The van der Waals surface area contributed by atoms with Gasteiger partial charge < -0.3 is 0 Å². The fraction of sp³-hybridized carbons (Fsp3) is 0.200. The molecule has 2 aromatic heterocycles. The van der Waals surface area contributed by atoms with Gasteiger partial charge in [-0.25, -0.2) is 9.67 Å². The maximum atomic E-state index is 12.4. The number of nitrogens with zero attached hydrogens (tertiary/aromatic N) is 5. The number of rotatable bonds is 5. The Balaban J connectivity index is 1.76. The van der Waals surface area contributed by atoms with Crippen molar-refractivity contribution in [3.05, 3.63) is 56.5 Å². The largest absolute Gasteiger partial charge is 0.288 e. The maximum absolute atomic E-state index is 12.4. The molecule has 0 atom stereocenters. The molecular formula is C15H13BrCl2N6O. The minimum absolute atomic E-state index is 0.184. The first-order valence-electron chi connectivity index (χ1n) is 7.34. The molecule has 0 radical (unpaired) electrons. The van der Waals surface area contributed by atoms with Crippen molar-refractivity contribution >= 4 is 51.0 Å². The predicted octanol–water partition coefficient (Wildman–Crippen LogP) is 3.86. The van der Waals surface area contributed by atoms with Crippen LogP contribution in [-0.4, -0.2) is 30.5 Å². The fourth-order valence-corrected chi connectivity index (χ4v) is 3.26. The van der Waals surface area contributed by atoms with Crippen LogP contribution in [0.2, 0.25) is 10.0 Å². The van der Waals surface area contributed by atoms with E-state index in [-0.39, 0.29) is 11.9 Å². The molecule has 1 N–H and O–H groups in total. The summed E-state index contributed by atoms with van der Waals surface area (Å²) in [5.74, 6) is -0.163. The average molecular weight is 444 g/mol. The highest BCUT2D eigenvalue weighted by molar-refractivity contribution is 9.10. The zero-order valence-electron chi connectivity index (χ0n) is 13.1. The summed E-state index contributed by atoms with van der Waals surface area (Å²) in [6.45, 7) is 2.82. The van der Waals surface area contributed by atoms with E-state index in [4.69, 9.17) is 23.2 Å².